The van der Waals surface area contributed by atoms with E-state index in [-0.39, 0.29) is 17.4 Å². The minimum absolute atomic E-state index is 0.0163. The Labute approximate surface area is 135 Å². The molecule has 0 fully saturated rings. The molecule has 2 amide bonds. The van der Waals surface area contributed by atoms with Crippen LogP contribution < -0.4 is 5.32 Å². The Kier molecular flexibility index (Phi) is 6.40. The Morgan fingerprint density at radius 1 is 1.24 bits per heavy atom. The average molecular weight is 355 g/mol. The van der Waals surface area contributed by atoms with E-state index in [1.807, 2.05) is 45.0 Å². The highest BCUT2D eigenvalue weighted by Crippen LogP contribution is 2.16. The van der Waals surface area contributed by atoms with Crippen LogP contribution in [0.2, 0.25) is 0 Å². The van der Waals surface area contributed by atoms with Gasteiger partial charge in [-0.3, -0.25) is 9.59 Å². The van der Waals surface area contributed by atoms with Crippen LogP contribution in [0.25, 0.3) is 0 Å². The van der Waals surface area contributed by atoms with Crippen LogP contribution in [0.4, 0.5) is 0 Å². The molecule has 0 aliphatic rings. The lowest BCUT2D eigenvalue weighted by Gasteiger charge is -2.35. The number of nitrogens with zero attached hydrogens (tertiary/aromatic N) is 1. The zero-order chi connectivity index (χ0) is 16.0. The fourth-order valence-electron chi connectivity index (χ4n) is 2.15. The Morgan fingerprint density at radius 2 is 1.86 bits per heavy atom. The molecule has 116 valence electrons. The van der Waals surface area contributed by atoms with Gasteiger partial charge in [0.05, 0.1) is 6.42 Å². The molecule has 0 aliphatic carbocycles. The lowest BCUT2D eigenvalue weighted by Crippen LogP contribution is -2.48. The fourth-order valence-corrected chi connectivity index (χ4v) is 2.57. The zero-order valence-electron chi connectivity index (χ0n) is 13.1. The first-order valence-electron chi connectivity index (χ1n) is 7.00. The summed E-state index contributed by atoms with van der Waals surface area (Å²) in [6, 6.07) is 7.66. The topological polar surface area (TPSA) is 49.4 Å². The lowest BCUT2D eigenvalue weighted by molar-refractivity contribution is -0.134. The van der Waals surface area contributed by atoms with Crippen LogP contribution in [0, 0.1) is 0 Å². The van der Waals surface area contributed by atoms with Crippen LogP contribution in [0.15, 0.2) is 28.7 Å². The third-order valence-corrected chi connectivity index (χ3v) is 3.93. The van der Waals surface area contributed by atoms with Crippen LogP contribution in [-0.2, 0) is 16.0 Å². The van der Waals surface area contributed by atoms with E-state index >= 15 is 0 Å². The van der Waals surface area contributed by atoms with E-state index < -0.39 is 0 Å². The summed E-state index contributed by atoms with van der Waals surface area (Å²) in [6.07, 6.45) is 0.330. The molecule has 4 nitrogen and oxygen atoms in total. The summed E-state index contributed by atoms with van der Waals surface area (Å²) in [6.45, 7) is 8.47. The number of hydrogen-bond donors (Lipinski definition) is 1. The second kappa shape index (κ2) is 7.59. The van der Waals surface area contributed by atoms with Crippen molar-refractivity contribution in [1.82, 2.24) is 10.2 Å². The predicted octanol–water partition coefficient (Wildman–Crippen LogP) is 2.75. The van der Waals surface area contributed by atoms with Gasteiger partial charge in [0.15, 0.2) is 0 Å². The Bertz CT molecular complexity index is 509. The first-order chi connectivity index (χ1) is 9.71. The summed E-state index contributed by atoms with van der Waals surface area (Å²) in [7, 11) is 0. The maximum atomic E-state index is 11.9. The molecule has 1 N–H and O–H groups in total. The molecule has 0 saturated carbocycles. The smallest absolute Gasteiger partial charge is 0.224 e. The van der Waals surface area contributed by atoms with Gasteiger partial charge >= 0.3 is 0 Å². The van der Waals surface area contributed by atoms with E-state index in [9.17, 15) is 9.59 Å². The average Bonchev–Trinajstić information content (AvgIpc) is 2.35. The van der Waals surface area contributed by atoms with Crippen molar-refractivity contribution in [3.8, 4) is 0 Å². The molecule has 0 radical (unpaired) electrons. The fraction of sp³-hybridized carbons (Fsp3) is 0.500. The quantitative estimate of drug-likeness (QED) is 0.883. The van der Waals surface area contributed by atoms with Gasteiger partial charge in [-0.15, -0.1) is 0 Å². The second-order valence-corrected chi connectivity index (χ2v) is 6.81. The molecule has 0 aliphatic heterocycles. The number of nitrogens with one attached hydrogen (secondary N) is 1. The van der Waals surface area contributed by atoms with E-state index in [2.05, 4.69) is 21.2 Å². The van der Waals surface area contributed by atoms with Gasteiger partial charge in [-0.05, 0) is 32.4 Å². The Hall–Kier alpha value is -1.36. The van der Waals surface area contributed by atoms with Crippen molar-refractivity contribution in [2.24, 2.45) is 0 Å². The maximum absolute atomic E-state index is 11.9. The third kappa shape index (κ3) is 5.87. The molecule has 0 bridgehead atoms. The largest absolute Gasteiger partial charge is 0.354 e. The van der Waals surface area contributed by atoms with Gasteiger partial charge in [-0.2, -0.15) is 0 Å². The minimum Gasteiger partial charge on any atom is -0.354 e. The first kappa shape index (κ1) is 17.7. The van der Waals surface area contributed by atoms with Gasteiger partial charge in [-0.25, -0.2) is 0 Å². The number of benzene rings is 1. The van der Waals surface area contributed by atoms with Crippen molar-refractivity contribution in [1.29, 1.82) is 0 Å². The lowest BCUT2D eigenvalue weighted by atomic mass is 10.1. The van der Waals surface area contributed by atoms with Crippen molar-refractivity contribution in [3.63, 3.8) is 0 Å². The third-order valence-electron chi connectivity index (χ3n) is 3.16. The van der Waals surface area contributed by atoms with Crippen molar-refractivity contribution in [2.75, 3.05) is 13.1 Å². The van der Waals surface area contributed by atoms with Crippen molar-refractivity contribution >= 4 is 27.7 Å². The molecule has 0 saturated heterocycles. The van der Waals surface area contributed by atoms with Crippen LogP contribution in [0.3, 0.4) is 0 Å². The second-order valence-electron chi connectivity index (χ2n) is 5.96. The van der Waals surface area contributed by atoms with E-state index in [1.165, 1.54) is 0 Å². The molecule has 0 unspecified atom stereocenters. The van der Waals surface area contributed by atoms with Crippen molar-refractivity contribution in [3.05, 3.63) is 34.3 Å². The highest BCUT2D eigenvalue weighted by Gasteiger charge is 2.23. The zero-order valence-corrected chi connectivity index (χ0v) is 14.7. The molecule has 0 aromatic heterocycles. The summed E-state index contributed by atoms with van der Waals surface area (Å²) in [5, 5.41) is 2.86. The van der Waals surface area contributed by atoms with Crippen LogP contribution in [-0.4, -0.2) is 35.3 Å². The van der Waals surface area contributed by atoms with E-state index in [1.54, 1.807) is 11.8 Å². The van der Waals surface area contributed by atoms with Crippen LogP contribution >= 0.6 is 15.9 Å². The van der Waals surface area contributed by atoms with Gasteiger partial charge in [0.2, 0.25) is 11.8 Å². The monoisotopic (exact) mass is 354 g/mol. The number of carbonyl (C=O) groups is 2. The number of rotatable bonds is 5. The van der Waals surface area contributed by atoms with Crippen LogP contribution in [0.5, 0.6) is 0 Å². The SMILES string of the molecule is CC(=O)N(CCNC(=O)Cc1ccccc1Br)C(C)(C)C. The van der Waals surface area contributed by atoms with Gasteiger partial charge in [0, 0.05) is 30.0 Å². The molecule has 0 heterocycles. The highest BCUT2D eigenvalue weighted by molar-refractivity contribution is 9.10. The van der Waals surface area contributed by atoms with Crippen molar-refractivity contribution < 1.29 is 9.59 Å². The van der Waals surface area contributed by atoms with Gasteiger partial charge < -0.3 is 10.2 Å². The number of halogens is 1. The van der Waals surface area contributed by atoms with Gasteiger partial charge in [0.1, 0.15) is 0 Å². The Balaban J connectivity index is 2.47. The van der Waals surface area contributed by atoms with Crippen LogP contribution in [0.1, 0.15) is 33.3 Å². The molecule has 0 atom stereocenters. The molecule has 1 aromatic carbocycles. The van der Waals surface area contributed by atoms with E-state index in [0.717, 1.165) is 10.0 Å². The predicted molar refractivity (Wildman–Crippen MR) is 88.0 cm³/mol. The van der Waals surface area contributed by atoms with Gasteiger partial charge in [0.25, 0.3) is 0 Å². The highest BCUT2D eigenvalue weighted by atomic mass is 79.9. The summed E-state index contributed by atoms with van der Waals surface area (Å²) < 4.78 is 0.931. The molecule has 5 heteroatoms. The van der Waals surface area contributed by atoms with Gasteiger partial charge in [-0.1, -0.05) is 34.1 Å². The summed E-state index contributed by atoms with van der Waals surface area (Å²) in [5.41, 5.74) is 0.716. The molecule has 1 rings (SSSR count). The minimum atomic E-state index is -0.237. The summed E-state index contributed by atoms with van der Waals surface area (Å²) in [5.74, 6) is -0.0261. The van der Waals surface area contributed by atoms with E-state index in [4.69, 9.17) is 0 Å². The van der Waals surface area contributed by atoms with Crippen molar-refractivity contribution in [2.45, 2.75) is 39.7 Å². The van der Waals surface area contributed by atoms with E-state index in [0.29, 0.717) is 19.5 Å². The standard InChI is InChI=1S/C16H23BrN2O2/c1-12(20)19(16(2,3)4)10-9-18-15(21)11-13-7-5-6-8-14(13)17/h5-8H,9-11H2,1-4H3,(H,18,21). The molecule has 21 heavy (non-hydrogen) atoms. The number of amides is 2. The maximum Gasteiger partial charge on any atom is 0.224 e. The molecule has 1 aromatic rings. The normalized spacial score (nSPS) is 11.1. The molecular formula is C16H23BrN2O2. The number of carbonyl (C=O) groups excluding carboxylic acids is 2. The number of hydrogen-bond acceptors (Lipinski definition) is 2. The first-order valence-corrected chi connectivity index (χ1v) is 7.79. The molecular weight excluding hydrogens is 332 g/mol. The Morgan fingerprint density at radius 3 is 2.38 bits per heavy atom. The summed E-state index contributed by atoms with van der Waals surface area (Å²) >= 11 is 3.43. The molecule has 0 spiro atoms. The summed E-state index contributed by atoms with van der Waals surface area (Å²) in [4.78, 5) is 25.3.